The van der Waals surface area contributed by atoms with E-state index in [0.717, 1.165) is 32.1 Å². The molecule has 0 aliphatic rings. The topological polar surface area (TPSA) is 37.3 Å². The van der Waals surface area contributed by atoms with E-state index in [1.807, 2.05) is 0 Å². The minimum atomic E-state index is -0.695. The van der Waals surface area contributed by atoms with E-state index in [1.54, 1.807) is 0 Å². The molecule has 0 saturated heterocycles. The van der Waals surface area contributed by atoms with Gasteiger partial charge in [-0.25, -0.2) is 0 Å². The van der Waals surface area contributed by atoms with E-state index >= 15 is 0 Å². The molecule has 0 spiro atoms. The van der Waals surface area contributed by atoms with Crippen LogP contribution in [0.4, 0.5) is 0 Å². The van der Waals surface area contributed by atoms with Gasteiger partial charge in [-0.1, -0.05) is 56.2 Å². The molecule has 0 saturated carbocycles. The van der Waals surface area contributed by atoms with Crippen LogP contribution < -0.4 is 0 Å². The molecule has 0 aromatic heterocycles. The number of aliphatic carboxylic acids is 1. The van der Waals surface area contributed by atoms with Crippen LogP contribution >= 0.6 is 0 Å². The first-order valence-electron chi connectivity index (χ1n) is 7.94. The van der Waals surface area contributed by atoms with Crippen molar-refractivity contribution in [2.45, 2.75) is 71.1 Å². The van der Waals surface area contributed by atoms with Gasteiger partial charge < -0.3 is 5.11 Å². The standard InChI is InChI=1S/C18H30O2.Li/c1-2-3-4-5-6-7-8-9-10-11-12-13-14-15-16-17-18(19)20;/h6-7,9-10,12-13H,2-5,8,11,14-17H2,1H3,(H,19,20);/b7-6-,10-9-,13-12-;. The number of carboxylic acids is 1. The third-order valence-corrected chi connectivity index (χ3v) is 3.03. The molecule has 0 aromatic carbocycles. The van der Waals surface area contributed by atoms with Gasteiger partial charge in [-0.15, -0.1) is 0 Å². The number of hydrogen-bond donors (Lipinski definition) is 1. The van der Waals surface area contributed by atoms with Gasteiger partial charge in [0.1, 0.15) is 0 Å². The number of unbranched alkanes of at least 4 members (excludes halogenated alkanes) is 5. The third kappa shape index (κ3) is 21.7. The van der Waals surface area contributed by atoms with Gasteiger partial charge in [0.15, 0.2) is 0 Å². The van der Waals surface area contributed by atoms with Gasteiger partial charge in [0.25, 0.3) is 0 Å². The molecule has 0 unspecified atom stereocenters. The largest absolute Gasteiger partial charge is 0.481 e. The molecule has 2 nitrogen and oxygen atoms in total. The fourth-order valence-corrected chi connectivity index (χ4v) is 1.83. The zero-order valence-corrected chi connectivity index (χ0v) is 13.9. The van der Waals surface area contributed by atoms with Gasteiger partial charge in [0.05, 0.1) is 0 Å². The van der Waals surface area contributed by atoms with Crippen molar-refractivity contribution in [1.82, 2.24) is 0 Å². The second-order valence-corrected chi connectivity index (χ2v) is 5.02. The predicted octanol–water partition coefficient (Wildman–Crippen LogP) is 5.28. The Bertz CT molecular complexity index is 306. The number of allylic oxidation sites excluding steroid dienone is 6. The molecule has 0 aliphatic carbocycles. The fourth-order valence-electron chi connectivity index (χ4n) is 1.83. The van der Waals surface area contributed by atoms with E-state index in [4.69, 9.17) is 5.11 Å². The maximum Gasteiger partial charge on any atom is 0.303 e. The molecule has 0 bridgehead atoms. The fraction of sp³-hybridized carbons (Fsp3) is 0.611. The molecule has 0 atom stereocenters. The number of carboxylic acid groups (broad SMARTS) is 1. The monoisotopic (exact) mass is 285 g/mol. The second-order valence-electron chi connectivity index (χ2n) is 5.02. The molecular weight excluding hydrogens is 255 g/mol. The average Bonchev–Trinajstić information content (AvgIpc) is 2.43. The van der Waals surface area contributed by atoms with E-state index in [-0.39, 0.29) is 18.9 Å². The maximum atomic E-state index is 10.3. The molecule has 0 heterocycles. The van der Waals surface area contributed by atoms with E-state index in [1.165, 1.54) is 25.7 Å². The van der Waals surface area contributed by atoms with Gasteiger partial charge in [-0.3, -0.25) is 4.79 Å². The summed E-state index contributed by atoms with van der Waals surface area (Å²) < 4.78 is 0. The Hall–Kier alpha value is -0.713. The number of carbonyl (C=O) groups is 1. The van der Waals surface area contributed by atoms with Gasteiger partial charge in [-0.2, -0.15) is 0 Å². The van der Waals surface area contributed by atoms with Crippen molar-refractivity contribution in [2.24, 2.45) is 0 Å². The molecule has 1 radical (unpaired) electrons. The number of rotatable bonds is 13. The SMILES string of the molecule is CCCCC/C=C\C/C=C\C/C=C\CCCCC(=O)O.[Li]. The van der Waals surface area contributed by atoms with Crippen LogP contribution in [0.3, 0.4) is 0 Å². The summed E-state index contributed by atoms with van der Waals surface area (Å²) in [5, 5.41) is 8.48. The first-order chi connectivity index (χ1) is 9.77. The summed E-state index contributed by atoms with van der Waals surface area (Å²) in [4.78, 5) is 10.3. The molecule has 0 fully saturated rings. The number of hydrogen-bond acceptors (Lipinski definition) is 1. The molecule has 0 amide bonds. The zero-order valence-electron chi connectivity index (χ0n) is 13.9. The molecule has 0 rings (SSSR count). The Morgan fingerprint density at radius 1 is 0.810 bits per heavy atom. The smallest absolute Gasteiger partial charge is 0.303 e. The van der Waals surface area contributed by atoms with Gasteiger partial charge in [0.2, 0.25) is 0 Å². The van der Waals surface area contributed by atoms with E-state index in [2.05, 4.69) is 43.4 Å². The normalized spacial score (nSPS) is 11.5. The summed E-state index contributed by atoms with van der Waals surface area (Å²) >= 11 is 0. The molecule has 0 aliphatic heterocycles. The molecular formula is C18H30LiO2. The Kier molecular flexibility index (Phi) is 20.7. The van der Waals surface area contributed by atoms with Crippen molar-refractivity contribution >= 4 is 24.8 Å². The zero-order chi connectivity index (χ0) is 14.9. The van der Waals surface area contributed by atoms with Crippen LogP contribution in [0, 0.1) is 0 Å². The van der Waals surface area contributed by atoms with Crippen molar-refractivity contribution in [3.05, 3.63) is 36.5 Å². The van der Waals surface area contributed by atoms with E-state index in [9.17, 15) is 4.79 Å². The Morgan fingerprint density at radius 2 is 1.29 bits per heavy atom. The summed E-state index contributed by atoms with van der Waals surface area (Å²) in [5.74, 6) is -0.695. The molecule has 3 heteroatoms. The van der Waals surface area contributed by atoms with Crippen LogP contribution in [-0.2, 0) is 4.79 Å². The first-order valence-corrected chi connectivity index (χ1v) is 7.94. The van der Waals surface area contributed by atoms with Crippen molar-refractivity contribution in [2.75, 3.05) is 0 Å². The average molecular weight is 285 g/mol. The van der Waals surface area contributed by atoms with Gasteiger partial charge in [-0.05, 0) is 44.9 Å². The summed E-state index contributed by atoms with van der Waals surface area (Å²) in [7, 11) is 0. The van der Waals surface area contributed by atoms with E-state index < -0.39 is 5.97 Å². The quantitative estimate of drug-likeness (QED) is 0.284. The van der Waals surface area contributed by atoms with Gasteiger partial charge >= 0.3 is 5.97 Å². The van der Waals surface area contributed by atoms with Crippen LogP contribution in [0.1, 0.15) is 71.1 Å². The Balaban J connectivity index is 0. The molecule has 1 N–H and O–H groups in total. The maximum absolute atomic E-state index is 10.3. The van der Waals surface area contributed by atoms with Crippen molar-refractivity contribution < 1.29 is 9.90 Å². The Labute approximate surface area is 142 Å². The minimum absolute atomic E-state index is 0. The summed E-state index contributed by atoms with van der Waals surface area (Å²) in [6, 6.07) is 0. The van der Waals surface area contributed by atoms with Crippen molar-refractivity contribution in [1.29, 1.82) is 0 Å². The predicted molar refractivity (Wildman–Crippen MR) is 92.7 cm³/mol. The second kappa shape index (κ2) is 19.3. The van der Waals surface area contributed by atoms with Crippen LogP contribution in [-0.4, -0.2) is 29.9 Å². The van der Waals surface area contributed by atoms with Crippen LogP contribution in [0.25, 0.3) is 0 Å². The molecule has 115 valence electrons. The van der Waals surface area contributed by atoms with Crippen molar-refractivity contribution in [3.8, 4) is 0 Å². The Morgan fingerprint density at radius 3 is 1.76 bits per heavy atom. The summed E-state index contributed by atoms with van der Waals surface area (Å²) in [5.41, 5.74) is 0. The third-order valence-electron chi connectivity index (χ3n) is 3.03. The van der Waals surface area contributed by atoms with Crippen LogP contribution in [0.2, 0.25) is 0 Å². The summed E-state index contributed by atoms with van der Waals surface area (Å²) in [6.07, 6.45) is 23.3. The molecule has 21 heavy (non-hydrogen) atoms. The van der Waals surface area contributed by atoms with Crippen molar-refractivity contribution in [3.63, 3.8) is 0 Å². The van der Waals surface area contributed by atoms with E-state index in [0.29, 0.717) is 6.42 Å². The van der Waals surface area contributed by atoms with Crippen LogP contribution in [0.5, 0.6) is 0 Å². The van der Waals surface area contributed by atoms with Gasteiger partial charge in [0, 0.05) is 25.3 Å². The summed E-state index contributed by atoms with van der Waals surface area (Å²) in [6.45, 7) is 2.23. The van der Waals surface area contributed by atoms with Crippen LogP contribution in [0.15, 0.2) is 36.5 Å². The molecule has 0 aromatic rings. The minimum Gasteiger partial charge on any atom is -0.481 e. The first kappa shape index (κ1) is 22.6.